The van der Waals surface area contributed by atoms with Crippen LogP contribution in [0.25, 0.3) is 0 Å². The Morgan fingerprint density at radius 2 is 1.90 bits per heavy atom. The third kappa shape index (κ3) is 5.19. The fourth-order valence-electron chi connectivity index (χ4n) is 1.73. The number of nitrogens with two attached hydrogens (primary N) is 1. The van der Waals surface area contributed by atoms with E-state index >= 15 is 0 Å². The minimum absolute atomic E-state index is 0. The van der Waals surface area contributed by atoms with Gasteiger partial charge < -0.3 is 15.8 Å². The summed E-state index contributed by atoms with van der Waals surface area (Å²) in [6, 6.07) is 7.51. The van der Waals surface area contributed by atoms with Crippen LogP contribution >= 0.6 is 12.4 Å². The van der Waals surface area contributed by atoms with Crippen LogP contribution in [0.15, 0.2) is 30.3 Å². The number of benzene rings is 1. The maximum Gasteiger partial charge on any atom is 0.333 e. The summed E-state index contributed by atoms with van der Waals surface area (Å²) >= 11 is 0. The van der Waals surface area contributed by atoms with Gasteiger partial charge in [-0.05, 0) is 12.0 Å². The summed E-state index contributed by atoms with van der Waals surface area (Å²) in [5, 5.41) is 2.63. The molecule has 1 rings (SSSR count). The Hall–Kier alpha value is -1.59. The lowest BCUT2D eigenvalue weighted by Crippen LogP contribution is -2.44. The topological polar surface area (TPSA) is 81.4 Å². The molecule has 0 radical (unpaired) electrons. The predicted molar refractivity (Wildman–Crippen MR) is 79.5 cm³/mol. The van der Waals surface area contributed by atoms with E-state index in [0.29, 0.717) is 12.0 Å². The number of hydrogen-bond donors (Lipinski definition) is 2. The van der Waals surface area contributed by atoms with Crippen molar-refractivity contribution in [2.24, 2.45) is 5.73 Å². The smallest absolute Gasteiger partial charge is 0.333 e. The van der Waals surface area contributed by atoms with Crippen molar-refractivity contribution in [1.82, 2.24) is 5.32 Å². The molecule has 1 aromatic carbocycles. The molecule has 1 amide bonds. The predicted octanol–water partition coefficient (Wildman–Crippen LogP) is 1.57. The van der Waals surface area contributed by atoms with Gasteiger partial charge in [-0.1, -0.05) is 43.7 Å². The molecular weight excluding hydrogens is 280 g/mol. The van der Waals surface area contributed by atoms with Gasteiger partial charge in [0, 0.05) is 0 Å². The van der Waals surface area contributed by atoms with Crippen molar-refractivity contribution in [1.29, 1.82) is 0 Å². The molecule has 0 saturated heterocycles. The van der Waals surface area contributed by atoms with E-state index < -0.39 is 18.1 Å². The van der Waals surface area contributed by atoms with Crippen LogP contribution in [0, 0.1) is 0 Å². The molecule has 0 heterocycles. The maximum atomic E-state index is 11.9. The van der Waals surface area contributed by atoms with Gasteiger partial charge in [0.25, 0.3) is 0 Å². The molecule has 0 fully saturated rings. The molecule has 0 aliphatic heterocycles. The molecule has 3 N–H and O–H groups in total. The highest BCUT2D eigenvalue weighted by molar-refractivity contribution is 5.88. The van der Waals surface area contributed by atoms with E-state index in [1.54, 1.807) is 24.3 Å². The van der Waals surface area contributed by atoms with Gasteiger partial charge in [-0.15, -0.1) is 12.4 Å². The molecular formula is C14H21ClN2O3. The van der Waals surface area contributed by atoms with Crippen LogP contribution in [0.1, 0.15) is 31.4 Å². The lowest BCUT2D eigenvalue weighted by atomic mass is 10.1. The zero-order valence-electron chi connectivity index (χ0n) is 11.7. The van der Waals surface area contributed by atoms with Gasteiger partial charge in [-0.25, -0.2) is 4.79 Å². The number of carbonyl (C=O) groups is 2. The summed E-state index contributed by atoms with van der Waals surface area (Å²) in [6.07, 6.45) is 1.39. The van der Waals surface area contributed by atoms with Gasteiger partial charge in [0.15, 0.2) is 6.04 Å². The zero-order valence-corrected chi connectivity index (χ0v) is 12.5. The number of hydrogen-bond acceptors (Lipinski definition) is 4. The van der Waals surface area contributed by atoms with Crippen molar-refractivity contribution < 1.29 is 14.3 Å². The summed E-state index contributed by atoms with van der Waals surface area (Å²) < 4.78 is 4.71. The third-order valence-electron chi connectivity index (χ3n) is 2.79. The first-order valence-electron chi connectivity index (χ1n) is 6.28. The van der Waals surface area contributed by atoms with Crippen molar-refractivity contribution >= 4 is 24.3 Å². The largest absolute Gasteiger partial charge is 0.467 e. The first kappa shape index (κ1) is 18.4. The van der Waals surface area contributed by atoms with Crippen LogP contribution in [0.3, 0.4) is 0 Å². The average molecular weight is 301 g/mol. The minimum atomic E-state index is -0.818. The first-order chi connectivity index (χ1) is 9.10. The molecule has 2 atom stereocenters. The molecule has 0 spiro atoms. The SMILES string of the molecule is CCC[C@H](N)C(=O)N[C@H](C(=O)OC)c1ccccc1.Cl. The highest BCUT2D eigenvalue weighted by Gasteiger charge is 2.25. The molecule has 1 aromatic rings. The summed E-state index contributed by atoms with van der Waals surface area (Å²) in [7, 11) is 1.29. The maximum absolute atomic E-state index is 11.9. The molecule has 0 bridgehead atoms. The van der Waals surface area contributed by atoms with Crippen molar-refractivity contribution in [3.8, 4) is 0 Å². The van der Waals surface area contributed by atoms with E-state index in [2.05, 4.69) is 5.32 Å². The summed E-state index contributed by atoms with van der Waals surface area (Å²) in [6.45, 7) is 1.95. The Morgan fingerprint density at radius 1 is 1.30 bits per heavy atom. The molecule has 0 saturated carbocycles. The Labute approximate surface area is 125 Å². The van der Waals surface area contributed by atoms with E-state index in [1.807, 2.05) is 13.0 Å². The Balaban J connectivity index is 0.00000361. The van der Waals surface area contributed by atoms with Gasteiger partial charge in [-0.2, -0.15) is 0 Å². The lowest BCUT2D eigenvalue weighted by molar-refractivity contribution is -0.145. The van der Waals surface area contributed by atoms with E-state index in [4.69, 9.17) is 10.5 Å². The number of amides is 1. The Morgan fingerprint density at radius 3 is 2.40 bits per heavy atom. The van der Waals surface area contributed by atoms with Gasteiger partial charge in [-0.3, -0.25) is 4.79 Å². The summed E-state index contributed by atoms with van der Waals surface area (Å²) in [4.78, 5) is 23.6. The highest BCUT2D eigenvalue weighted by atomic mass is 35.5. The number of esters is 1. The monoisotopic (exact) mass is 300 g/mol. The minimum Gasteiger partial charge on any atom is -0.467 e. The number of nitrogens with one attached hydrogen (secondary N) is 1. The third-order valence-corrected chi connectivity index (χ3v) is 2.79. The molecule has 0 aliphatic rings. The van der Waals surface area contributed by atoms with Crippen molar-refractivity contribution in [2.45, 2.75) is 31.8 Å². The second-order valence-corrected chi connectivity index (χ2v) is 4.27. The second kappa shape index (κ2) is 9.34. The van der Waals surface area contributed by atoms with Crippen LogP contribution in [-0.2, 0) is 14.3 Å². The molecule has 0 unspecified atom stereocenters. The Bertz CT molecular complexity index is 426. The van der Waals surface area contributed by atoms with E-state index in [1.165, 1.54) is 7.11 Å². The number of methoxy groups -OCH3 is 1. The molecule has 5 nitrogen and oxygen atoms in total. The van der Waals surface area contributed by atoms with Crippen LogP contribution in [0.2, 0.25) is 0 Å². The molecule has 20 heavy (non-hydrogen) atoms. The molecule has 6 heteroatoms. The number of carbonyl (C=O) groups excluding carboxylic acids is 2. The number of ether oxygens (including phenoxy) is 1. The van der Waals surface area contributed by atoms with Gasteiger partial charge >= 0.3 is 5.97 Å². The van der Waals surface area contributed by atoms with Gasteiger partial charge in [0.1, 0.15) is 0 Å². The molecule has 0 aromatic heterocycles. The highest BCUT2D eigenvalue weighted by Crippen LogP contribution is 2.14. The average Bonchev–Trinajstić information content (AvgIpc) is 2.44. The fourth-order valence-corrected chi connectivity index (χ4v) is 1.73. The number of halogens is 1. The number of rotatable bonds is 6. The summed E-state index contributed by atoms with van der Waals surface area (Å²) in [5.74, 6) is -0.857. The van der Waals surface area contributed by atoms with Crippen molar-refractivity contribution in [2.75, 3.05) is 7.11 Å². The van der Waals surface area contributed by atoms with Crippen LogP contribution in [0.4, 0.5) is 0 Å². The van der Waals surface area contributed by atoms with Crippen LogP contribution in [-0.4, -0.2) is 25.0 Å². The van der Waals surface area contributed by atoms with Crippen LogP contribution in [0.5, 0.6) is 0 Å². The van der Waals surface area contributed by atoms with Crippen molar-refractivity contribution in [3.05, 3.63) is 35.9 Å². The molecule has 0 aliphatic carbocycles. The standard InChI is InChI=1S/C14H20N2O3.ClH/c1-3-7-11(15)13(17)16-12(14(18)19-2)10-8-5-4-6-9-10;/h4-6,8-9,11-12H,3,7,15H2,1-2H3,(H,16,17);1H/t11-,12-;/m0./s1. The van der Waals surface area contributed by atoms with Crippen molar-refractivity contribution in [3.63, 3.8) is 0 Å². The zero-order chi connectivity index (χ0) is 14.3. The van der Waals surface area contributed by atoms with E-state index in [0.717, 1.165) is 6.42 Å². The quantitative estimate of drug-likeness (QED) is 0.781. The van der Waals surface area contributed by atoms with Gasteiger partial charge in [0.2, 0.25) is 5.91 Å². The normalized spacial score (nSPS) is 12.8. The molecule has 112 valence electrons. The van der Waals surface area contributed by atoms with Crippen LogP contribution < -0.4 is 11.1 Å². The second-order valence-electron chi connectivity index (χ2n) is 4.27. The fraction of sp³-hybridized carbons (Fsp3) is 0.429. The van der Waals surface area contributed by atoms with E-state index in [9.17, 15) is 9.59 Å². The lowest BCUT2D eigenvalue weighted by Gasteiger charge is -2.19. The van der Waals surface area contributed by atoms with Gasteiger partial charge in [0.05, 0.1) is 13.2 Å². The van der Waals surface area contributed by atoms with E-state index in [-0.39, 0.29) is 18.3 Å². The summed E-state index contributed by atoms with van der Waals surface area (Å²) in [5.41, 5.74) is 6.40. The first-order valence-corrected chi connectivity index (χ1v) is 6.28. The Kier molecular flexibility index (Phi) is 8.59.